The fourth-order valence-corrected chi connectivity index (χ4v) is 3.61. The second-order valence-corrected chi connectivity index (χ2v) is 6.21. The van der Waals surface area contributed by atoms with Gasteiger partial charge in [-0.05, 0) is 30.5 Å². The van der Waals surface area contributed by atoms with E-state index in [4.69, 9.17) is 0 Å². The number of halogens is 3. The normalized spacial score (nSPS) is 18.2. The van der Waals surface area contributed by atoms with Gasteiger partial charge < -0.3 is 9.84 Å². The first kappa shape index (κ1) is 15.5. The van der Waals surface area contributed by atoms with Gasteiger partial charge in [0.25, 0.3) is 0 Å². The lowest BCUT2D eigenvalue weighted by molar-refractivity contribution is -0.274. The Labute approximate surface area is 120 Å². The summed E-state index contributed by atoms with van der Waals surface area (Å²) in [7, 11) is 0. The highest BCUT2D eigenvalue weighted by Crippen LogP contribution is 2.33. The quantitative estimate of drug-likeness (QED) is 0.879. The summed E-state index contributed by atoms with van der Waals surface area (Å²) < 4.78 is 40.3. The molecule has 1 unspecified atom stereocenters. The molecule has 0 amide bonds. The SMILES string of the molecule is OC(CSC1CCCC1)c1cccc(OC(F)(F)F)c1. The maximum absolute atomic E-state index is 12.1. The summed E-state index contributed by atoms with van der Waals surface area (Å²) in [6, 6.07) is 5.55. The maximum atomic E-state index is 12.1. The molecule has 0 bridgehead atoms. The lowest BCUT2D eigenvalue weighted by Gasteiger charge is -2.15. The Morgan fingerprint density at radius 3 is 2.65 bits per heavy atom. The third-order valence-electron chi connectivity index (χ3n) is 3.27. The molecule has 0 aromatic heterocycles. The number of hydrogen-bond donors (Lipinski definition) is 1. The number of aliphatic hydroxyl groups excluding tert-OH is 1. The average Bonchev–Trinajstić information content (AvgIpc) is 2.87. The van der Waals surface area contributed by atoms with Gasteiger partial charge in [-0.25, -0.2) is 0 Å². The van der Waals surface area contributed by atoms with Gasteiger partial charge in [0.15, 0.2) is 0 Å². The van der Waals surface area contributed by atoms with E-state index in [-0.39, 0.29) is 5.75 Å². The van der Waals surface area contributed by atoms with Crippen LogP contribution in [0.4, 0.5) is 13.2 Å². The van der Waals surface area contributed by atoms with Crippen LogP contribution in [-0.4, -0.2) is 22.5 Å². The van der Waals surface area contributed by atoms with E-state index in [0.29, 0.717) is 16.6 Å². The summed E-state index contributed by atoms with van der Waals surface area (Å²) in [4.78, 5) is 0. The van der Waals surface area contributed by atoms with E-state index < -0.39 is 12.5 Å². The van der Waals surface area contributed by atoms with Crippen molar-refractivity contribution in [2.75, 3.05) is 5.75 Å². The van der Waals surface area contributed by atoms with Crippen molar-refractivity contribution in [3.63, 3.8) is 0 Å². The first-order chi connectivity index (χ1) is 9.44. The highest BCUT2D eigenvalue weighted by molar-refractivity contribution is 7.99. The van der Waals surface area contributed by atoms with Gasteiger partial charge in [-0.2, -0.15) is 11.8 Å². The molecule has 1 saturated carbocycles. The Morgan fingerprint density at radius 1 is 1.30 bits per heavy atom. The van der Waals surface area contributed by atoms with E-state index in [9.17, 15) is 18.3 Å². The van der Waals surface area contributed by atoms with Crippen LogP contribution in [0.2, 0.25) is 0 Å². The highest BCUT2D eigenvalue weighted by Gasteiger charge is 2.31. The van der Waals surface area contributed by atoms with Crippen LogP contribution in [-0.2, 0) is 0 Å². The van der Waals surface area contributed by atoms with Crippen LogP contribution in [0.3, 0.4) is 0 Å². The van der Waals surface area contributed by atoms with Crippen LogP contribution < -0.4 is 4.74 Å². The molecule has 1 atom stereocenters. The van der Waals surface area contributed by atoms with E-state index in [0.717, 1.165) is 12.8 Å². The van der Waals surface area contributed by atoms with Crippen LogP contribution in [0.15, 0.2) is 24.3 Å². The van der Waals surface area contributed by atoms with Crippen LogP contribution in [0, 0.1) is 0 Å². The van der Waals surface area contributed by atoms with Gasteiger partial charge in [0, 0.05) is 11.0 Å². The van der Waals surface area contributed by atoms with Crippen molar-refractivity contribution in [1.82, 2.24) is 0 Å². The van der Waals surface area contributed by atoms with Crippen LogP contribution >= 0.6 is 11.8 Å². The zero-order valence-electron chi connectivity index (χ0n) is 10.9. The van der Waals surface area contributed by atoms with Crippen molar-refractivity contribution in [2.45, 2.75) is 43.4 Å². The Balaban J connectivity index is 1.91. The van der Waals surface area contributed by atoms with Crippen LogP contribution in [0.1, 0.15) is 37.4 Å². The summed E-state index contributed by atoms with van der Waals surface area (Å²) in [6.45, 7) is 0. The van der Waals surface area contributed by atoms with E-state index in [1.54, 1.807) is 17.8 Å². The zero-order chi connectivity index (χ0) is 14.6. The standard InChI is InChI=1S/C14H17F3O2S/c15-14(16,17)19-11-5-3-4-10(8-11)13(18)9-20-12-6-1-2-7-12/h3-5,8,12-13,18H,1-2,6-7,9H2. The van der Waals surface area contributed by atoms with Crippen molar-refractivity contribution in [1.29, 1.82) is 0 Å². The molecule has 0 heterocycles. The molecule has 1 aliphatic rings. The van der Waals surface area contributed by atoms with Crippen LogP contribution in [0.25, 0.3) is 0 Å². The van der Waals surface area contributed by atoms with Crippen LogP contribution in [0.5, 0.6) is 5.75 Å². The molecular formula is C14H17F3O2S. The number of benzene rings is 1. The van der Waals surface area contributed by atoms with Crippen molar-refractivity contribution in [2.24, 2.45) is 0 Å². The number of aliphatic hydroxyl groups is 1. The smallest absolute Gasteiger partial charge is 0.406 e. The molecule has 1 N–H and O–H groups in total. The molecule has 112 valence electrons. The van der Waals surface area contributed by atoms with Gasteiger partial charge in [-0.3, -0.25) is 0 Å². The third kappa shape index (κ3) is 4.90. The fourth-order valence-electron chi connectivity index (χ4n) is 2.30. The molecule has 1 aromatic carbocycles. The van der Waals surface area contributed by atoms with Crippen molar-refractivity contribution >= 4 is 11.8 Å². The first-order valence-corrected chi connectivity index (χ1v) is 7.64. The summed E-state index contributed by atoms with van der Waals surface area (Å²) in [6.07, 6.45) is -0.700. The lowest BCUT2D eigenvalue weighted by Crippen LogP contribution is -2.17. The summed E-state index contributed by atoms with van der Waals surface area (Å²) in [5.41, 5.74) is 0.456. The van der Waals surface area contributed by atoms with Crippen molar-refractivity contribution in [3.8, 4) is 5.75 Å². The van der Waals surface area contributed by atoms with Gasteiger partial charge in [0.1, 0.15) is 5.75 Å². The largest absolute Gasteiger partial charge is 0.573 e. The predicted octanol–water partition coefficient (Wildman–Crippen LogP) is 4.29. The Kier molecular flexibility index (Phi) is 5.21. The monoisotopic (exact) mass is 306 g/mol. The van der Waals surface area contributed by atoms with Gasteiger partial charge in [-0.15, -0.1) is 13.2 Å². The number of thioether (sulfide) groups is 1. The number of ether oxygens (including phenoxy) is 1. The van der Waals surface area contributed by atoms with E-state index in [2.05, 4.69) is 4.74 Å². The molecular weight excluding hydrogens is 289 g/mol. The predicted molar refractivity (Wildman–Crippen MR) is 72.8 cm³/mol. The average molecular weight is 306 g/mol. The Bertz CT molecular complexity index is 431. The summed E-state index contributed by atoms with van der Waals surface area (Å²) in [5, 5.41) is 10.6. The molecule has 1 aliphatic carbocycles. The lowest BCUT2D eigenvalue weighted by atomic mass is 10.1. The molecule has 1 fully saturated rings. The molecule has 0 aliphatic heterocycles. The van der Waals surface area contributed by atoms with E-state index >= 15 is 0 Å². The zero-order valence-corrected chi connectivity index (χ0v) is 11.7. The van der Waals surface area contributed by atoms with E-state index in [1.807, 2.05) is 0 Å². The van der Waals surface area contributed by atoms with Crippen molar-refractivity contribution < 1.29 is 23.0 Å². The maximum Gasteiger partial charge on any atom is 0.573 e. The second-order valence-electron chi connectivity index (χ2n) is 4.88. The minimum Gasteiger partial charge on any atom is -0.406 e. The molecule has 0 radical (unpaired) electrons. The number of alkyl halides is 3. The third-order valence-corrected chi connectivity index (χ3v) is 4.72. The summed E-state index contributed by atoms with van der Waals surface area (Å²) >= 11 is 1.69. The first-order valence-electron chi connectivity index (χ1n) is 6.59. The number of rotatable bonds is 5. The molecule has 20 heavy (non-hydrogen) atoms. The molecule has 6 heteroatoms. The van der Waals surface area contributed by atoms with Gasteiger partial charge in [-0.1, -0.05) is 25.0 Å². The topological polar surface area (TPSA) is 29.5 Å². The molecule has 2 nitrogen and oxygen atoms in total. The number of hydrogen-bond acceptors (Lipinski definition) is 3. The highest BCUT2D eigenvalue weighted by atomic mass is 32.2. The molecule has 1 aromatic rings. The Morgan fingerprint density at radius 2 is 2.00 bits per heavy atom. The Hall–Kier alpha value is -0.880. The minimum absolute atomic E-state index is 0.292. The fraction of sp³-hybridized carbons (Fsp3) is 0.571. The van der Waals surface area contributed by atoms with Gasteiger partial charge >= 0.3 is 6.36 Å². The molecule has 0 spiro atoms. The molecule has 0 saturated heterocycles. The minimum atomic E-state index is -4.71. The van der Waals surface area contributed by atoms with Gasteiger partial charge in [0.2, 0.25) is 0 Å². The molecule has 2 rings (SSSR count). The summed E-state index contributed by atoms with van der Waals surface area (Å²) in [5.74, 6) is 0.208. The second kappa shape index (κ2) is 6.72. The van der Waals surface area contributed by atoms with E-state index in [1.165, 1.54) is 31.0 Å². The van der Waals surface area contributed by atoms with Crippen molar-refractivity contribution in [3.05, 3.63) is 29.8 Å². The van der Waals surface area contributed by atoms with Gasteiger partial charge in [0.05, 0.1) is 6.10 Å².